The molecule has 3 nitrogen and oxygen atoms in total. The second-order valence-corrected chi connectivity index (χ2v) is 9.52. The number of nitrogens with zero attached hydrogens (tertiary/aromatic N) is 1. The highest BCUT2D eigenvalue weighted by atomic mass is 32.2. The first-order chi connectivity index (χ1) is 8.36. The van der Waals surface area contributed by atoms with E-state index in [0.717, 1.165) is 43.6 Å². The topological polar surface area (TPSA) is 38.7 Å². The van der Waals surface area contributed by atoms with E-state index in [1.165, 1.54) is 0 Å². The average Bonchev–Trinajstić information content (AvgIpc) is 2.66. The SMILES string of the molecule is CC(C)(C)CC1CCC(N=S2(=O)CCCC2)CO1. The Labute approximate surface area is 112 Å². The molecule has 0 aliphatic carbocycles. The van der Waals surface area contributed by atoms with Crippen LogP contribution in [0.4, 0.5) is 0 Å². The molecule has 0 aromatic rings. The zero-order valence-electron chi connectivity index (χ0n) is 12.0. The molecule has 2 fully saturated rings. The van der Waals surface area contributed by atoms with Gasteiger partial charge in [-0.1, -0.05) is 20.8 Å². The molecule has 0 radical (unpaired) electrons. The summed E-state index contributed by atoms with van der Waals surface area (Å²) in [4.78, 5) is 0. The molecule has 2 aliphatic rings. The predicted octanol–water partition coefficient (Wildman–Crippen LogP) is 3.23. The van der Waals surface area contributed by atoms with Crippen molar-refractivity contribution in [2.45, 2.75) is 65.0 Å². The molecule has 0 spiro atoms. The third kappa shape index (κ3) is 4.23. The molecular formula is C14H27NO2S. The van der Waals surface area contributed by atoms with Gasteiger partial charge in [0.2, 0.25) is 0 Å². The molecule has 0 saturated carbocycles. The van der Waals surface area contributed by atoms with Gasteiger partial charge in [-0.15, -0.1) is 0 Å². The fourth-order valence-electron chi connectivity index (χ4n) is 2.85. The van der Waals surface area contributed by atoms with Gasteiger partial charge >= 0.3 is 0 Å². The Morgan fingerprint density at radius 2 is 1.89 bits per heavy atom. The Bertz CT molecular complexity index is 371. The van der Waals surface area contributed by atoms with E-state index in [2.05, 4.69) is 25.1 Å². The monoisotopic (exact) mass is 273 g/mol. The third-order valence-electron chi connectivity index (χ3n) is 3.70. The summed E-state index contributed by atoms with van der Waals surface area (Å²) in [7, 11) is -1.86. The van der Waals surface area contributed by atoms with Crippen molar-refractivity contribution in [1.82, 2.24) is 0 Å². The lowest BCUT2D eigenvalue weighted by atomic mass is 9.86. The van der Waals surface area contributed by atoms with Crippen LogP contribution in [0, 0.1) is 5.41 Å². The molecular weight excluding hydrogens is 246 g/mol. The fraction of sp³-hybridized carbons (Fsp3) is 1.00. The summed E-state index contributed by atoms with van der Waals surface area (Å²) in [6.07, 6.45) is 5.77. The lowest BCUT2D eigenvalue weighted by molar-refractivity contribution is -0.0154. The van der Waals surface area contributed by atoms with E-state index in [0.29, 0.717) is 18.1 Å². The van der Waals surface area contributed by atoms with Crippen molar-refractivity contribution in [3.05, 3.63) is 0 Å². The number of hydrogen-bond donors (Lipinski definition) is 0. The van der Waals surface area contributed by atoms with Crippen LogP contribution in [0.3, 0.4) is 0 Å². The van der Waals surface area contributed by atoms with Gasteiger partial charge in [-0.25, -0.2) is 8.57 Å². The number of hydrogen-bond acceptors (Lipinski definition) is 3. The molecule has 2 rings (SSSR count). The van der Waals surface area contributed by atoms with Crippen LogP contribution in [0.15, 0.2) is 4.36 Å². The summed E-state index contributed by atoms with van der Waals surface area (Å²) in [5.74, 6) is 1.63. The quantitative estimate of drug-likeness (QED) is 0.775. The first-order valence-corrected chi connectivity index (χ1v) is 9.05. The van der Waals surface area contributed by atoms with E-state index < -0.39 is 9.73 Å². The zero-order valence-corrected chi connectivity index (χ0v) is 12.8. The van der Waals surface area contributed by atoms with Crippen molar-refractivity contribution in [3.63, 3.8) is 0 Å². The fourth-order valence-corrected chi connectivity index (χ4v) is 5.29. The maximum absolute atomic E-state index is 12.3. The van der Waals surface area contributed by atoms with E-state index in [9.17, 15) is 4.21 Å². The van der Waals surface area contributed by atoms with Crippen LogP contribution in [0.1, 0.15) is 52.9 Å². The Morgan fingerprint density at radius 1 is 1.22 bits per heavy atom. The highest BCUT2D eigenvalue weighted by Gasteiger charge is 2.27. The van der Waals surface area contributed by atoms with Crippen molar-refractivity contribution >= 4 is 9.73 Å². The largest absolute Gasteiger partial charge is 0.376 e. The van der Waals surface area contributed by atoms with Gasteiger partial charge in [0, 0.05) is 21.2 Å². The molecule has 2 heterocycles. The van der Waals surface area contributed by atoms with Gasteiger partial charge in [-0.05, 0) is 37.5 Å². The van der Waals surface area contributed by atoms with Gasteiger partial charge in [0.25, 0.3) is 0 Å². The Kier molecular flexibility index (Phi) is 4.37. The van der Waals surface area contributed by atoms with Crippen LogP contribution in [0.5, 0.6) is 0 Å². The minimum Gasteiger partial charge on any atom is -0.376 e. The Balaban J connectivity index is 1.85. The van der Waals surface area contributed by atoms with E-state index in [4.69, 9.17) is 4.74 Å². The van der Waals surface area contributed by atoms with Crippen molar-refractivity contribution in [3.8, 4) is 0 Å². The Hall–Kier alpha value is -0.0900. The zero-order chi connectivity index (χ0) is 13.2. The molecule has 2 aliphatic heterocycles. The third-order valence-corrected chi connectivity index (χ3v) is 6.24. The number of ether oxygens (including phenoxy) is 1. The minimum atomic E-state index is -1.86. The molecule has 2 atom stereocenters. The first kappa shape index (κ1) is 14.3. The van der Waals surface area contributed by atoms with Gasteiger partial charge < -0.3 is 4.74 Å². The van der Waals surface area contributed by atoms with Crippen molar-refractivity contribution < 1.29 is 8.95 Å². The van der Waals surface area contributed by atoms with Gasteiger partial charge in [-0.3, -0.25) is 0 Å². The average molecular weight is 273 g/mol. The van der Waals surface area contributed by atoms with Gasteiger partial charge in [0.1, 0.15) is 0 Å². The predicted molar refractivity (Wildman–Crippen MR) is 76.4 cm³/mol. The van der Waals surface area contributed by atoms with Gasteiger partial charge in [0.15, 0.2) is 0 Å². The van der Waals surface area contributed by atoms with E-state index >= 15 is 0 Å². The summed E-state index contributed by atoms with van der Waals surface area (Å²) in [6, 6.07) is 0.187. The van der Waals surface area contributed by atoms with Gasteiger partial charge in [-0.2, -0.15) is 0 Å². The molecule has 2 saturated heterocycles. The summed E-state index contributed by atoms with van der Waals surface area (Å²) in [6.45, 7) is 7.43. The highest BCUT2D eigenvalue weighted by molar-refractivity contribution is 7.93. The lowest BCUT2D eigenvalue weighted by Crippen LogP contribution is -2.31. The first-order valence-electron chi connectivity index (χ1n) is 7.20. The Morgan fingerprint density at radius 3 is 2.39 bits per heavy atom. The van der Waals surface area contributed by atoms with Crippen LogP contribution >= 0.6 is 0 Å². The van der Waals surface area contributed by atoms with E-state index in [1.54, 1.807) is 0 Å². The van der Waals surface area contributed by atoms with E-state index in [1.807, 2.05) is 0 Å². The standard InChI is InChI=1S/C14H27NO2S/c1-14(2,3)10-13-7-6-12(11-17-13)15-18(16)8-4-5-9-18/h12-13H,4-11H2,1-3H3. The smallest absolute Gasteiger partial charge is 0.0828 e. The second kappa shape index (κ2) is 5.49. The van der Waals surface area contributed by atoms with Crippen LogP contribution in [-0.4, -0.2) is 34.5 Å². The summed E-state index contributed by atoms with van der Waals surface area (Å²) >= 11 is 0. The van der Waals surface area contributed by atoms with Crippen molar-refractivity contribution in [2.24, 2.45) is 9.78 Å². The van der Waals surface area contributed by atoms with Crippen LogP contribution in [0.2, 0.25) is 0 Å². The van der Waals surface area contributed by atoms with Crippen molar-refractivity contribution in [1.29, 1.82) is 0 Å². The van der Waals surface area contributed by atoms with Gasteiger partial charge in [0.05, 0.1) is 18.8 Å². The van der Waals surface area contributed by atoms with E-state index in [-0.39, 0.29) is 6.04 Å². The molecule has 2 unspecified atom stereocenters. The van der Waals surface area contributed by atoms with Crippen molar-refractivity contribution in [2.75, 3.05) is 18.1 Å². The molecule has 0 amide bonds. The summed E-state index contributed by atoms with van der Waals surface area (Å²) < 4.78 is 22.8. The summed E-state index contributed by atoms with van der Waals surface area (Å²) in [5, 5.41) is 0. The number of rotatable bonds is 2. The maximum atomic E-state index is 12.3. The summed E-state index contributed by atoms with van der Waals surface area (Å²) in [5.41, 5.74) is 0.325. The molecule has 18 heavy (non-hydrogen) atoms. The molecule has 0 aromatic heterocycles. The maximum Gasteiger partial charge on any atom is 0.0828 e. The molecule has 4 heteroatoms. The minimum absolute atomic E-state index is 0.187. The molecule has 0 N–H and O–H groups in total. The molecule has 0 bridgehead atoms. The van der Waals surface area contributed by atoms with Crippen LogP contribution in [-0.2, 0) is 14.5 Å². The second-order valence-electron chi connectivity index (χ2n) is 6.94. The lowest BCUT2D eigenvalue weighted by Gasteiger charge is -2.31. The normalized spacial score (nSPS) is 32.4. The highest BCUT2D eigenvalue weighted by Crippen LogP contribution is 2.29. The van der Waals surface area contributed by atoms with Crippen LogP contribution < -0.4 is 0 Å². The molecule has 0 aromatic carbocycles. The van der Waals surface area contributed by atoms with Crippen LogP contribution in [0.25, 0.3) is 0 Å². The molecule has 106 valence electrons.